The van der Waals surface area contributed by atoms with E-state index in [0.717, 1.165) is 5.92 Å². The molecule has 2 aliphatic rings. The molecule has 1 saturated carbocycles. The number of rotatable bonds is 2. The van der Waals surface area contributed by atoms with Crippen molar-refractivity contribution in [3.63, 3.8) is 0 Å². The van der Waals surface area contributed by atoms with Gasteiger partial charge in [0.1, 0.15) is 0 Å². The molecule has 0 aromatic heterocycles. The molecule has 0 saturated heterocycles. The van der Waals surface area contributed by atoms with Crippen molar-refractivity contribution in [1.29, 1.82) is 0 Å². The van der Waals surface area contributed by atoms with Gasteiger partial charge in [0.2, 0.25) is 0 Å². The molecule has 1 fully saturated rings. The second-order valence-corrected chi connectivity index (χ2v) is 5.25. The van der Waals surface area contributed by atoms with Gasteiger partial charge >= 0.3 is 0 Å². The summed E-state index contributed by atoms with van der Waals surface area (Å²) in [4.78, 5) is 0. The Kier molecular flexibility index (Phi) is 1.98. The average molecular weight is 198 g/mol. The Morgan fingerprint density at radius 1 is 1.20 bits per heavy atom. The normalized spacial score (nSPS) is 19.3. The maximum atomic E-state index is 2.45. The molecule has 2 aliphatic carbocycles. The summed E-state index contributed by atoms with van der Waals surface area (Å²) in [7, 11) is 0. The molecule has 1 aromatic carbocycles. The van der Waals surface area contributed by atoms with Gasteiger partial charge in [0.05, 0.1) is 0 Å². The van der Waals surface area contributed by atoms with Crippen LogP contribution in [0.25, 0.3) is 6.08 Å². The molecule has 0 radical (unpaired) electrons. The highest BCUT2D eigenvalue weighted by atomic mass is 14.3. The Bertz CT molecular complexity index is 420. The molecular formula is C15H18. The first kappa shape index (κ1) is 9.21. The summed E-state index contributed by atoms with van der Waals surface area (Å²) >= 11 is 0. The number of allylic oxidation sites excluding steroid dienone is 1. The fraction of sp³-hybridized carbons (Fsp3) is 0.467. The summed E-state index contributed by atoms with van der Waals surface area (Å²) in [6, 6.07) is 6.87. The first-order valence-electron chi connectivity index (χ1n) is 6.08. The highest BCUT2D eigenvalue weighted by Gasteiger charge is 2.28. The van der Waals surface area contributed by atoms with Crippen LogP contribution in [0, 0.1) is 5.92 Å². The zero-order chi connectivity index (χ0) is 10.4. The van der Waals surface area contributed by atoms with E-state index in [4.69, 9.17) is 0 Å². The van der Waals surface area contributed by atoms with Crippen molar-refractivity contribution >= 4 is 6.08 Å². The molecule has 3 rings (SSSR count). The van der Waals surface area contributed by atoms with Crippen molar-refractivity contribution in [2.45, 2.75) is 39.0 Å². The summed E-state index contributed by atoms with van der Waals surface area (Å²) in [6.07, 6.45) is 6.45. The molecule has 0 heterocycles. The van der Waals surface area contributed by atoms with E-state index < -0.39 is 0 Å². The van der Waals surface area contributed by atoms with Crippen LogP contribution < -0.4 is 0 Å². The minimum absolute atomic E-state index is 0.699. The molecule has 0 amide bonds. The average Bonchev–Trinajstić information content (AvgIpc) is 2.95. The predicted molar refractivity (Wildman–Crippen MR) is 64.9 cm³/mol. The van der Waals surface area contributed by atoms with Crippen LogP contribution >= 0.6 is 0 Å². The number of fused-ring (bicyclic) bond motifs is 1. The van der Waals surface area contributed by atoms with Crippen molar-refractivity contribution in [2.75, 3.05) is 0 Å². The Morgan fingerprint density at radius 2 is 2.00 bits per heavy atom. The van der Waals surface area contributed by atoms with Gasteiger partial charge < -0.3 is 0 Å². The van der Waals surface area contributed by atoms with E-state index in [1.54, 1.807) is 22.3 Å². The number of benzene rings is 1. The van der Waals surface area contributed by atoms with Gasteiger partial charge in [-0.3, -0.25) is 0 Å². The van der Waals surface area contributed by atoms with Gasteiger partial charge in [-0.15, -0.1) is 0 Å². The van der Waals surface area contributed by atoms with Crippen LogP contribution in [0.5, 0.6) is 0 Å². The van der Waals surface area contributed by atoms with Gasteiger partial charge in [-0.1, -0.05) is 43.7 Å². The van der Waals surface area contributed by atoms with Crippen molar-refractivity contribution in [3.8, 4) is 0 Å². The lowest BCUT2D eigenvalue weighted by atomic mass is 9.99. The molecule has 78 valence electrons. The summed E-state index contributed by atoms with van der Waals surface area (Å²) in [6.45, 7) is 4.60. The Labute approximate surface area is 92.0 Å². The Balaban J connectivity index is 2.04. The van der Waals surface area contributed by atoms with Crippen LogP contribution in [0.3, 0.4) is 0 Å². The molecule has 15 heavy (non-hydrogen) atoms. The highest BCUT2D eigenvalue weighted by molar-refractivity contribution is 5.68. The van der Waals surface area contributed by atoms with Gasteiger partial charge in [0, 0.05) is 0 Å². The zero-order valence-electron chi connectivity index (χ0n) is 9.59. The molecule has 0 unspecified atom stereocenters. The molecule has 0 nitrogen and oxygen atoms in total. The monoisotopic (exact) mass is 198 g/mol. The van der Waals surface area contributed by atoms with Crippen LogP contribution in [0.15, 0.2) is 23.8 Å². The minimum atomic E-state index is 0.699. The number of hydrogen-bond donors (Lipinski definition) is 0. The van der Waals surface area contributed by atoms with Crippen LogP contribution in [-0.2, 0) is 6.42 Å². The van der Waals surface area contributed by atoms with E-state index in [0.29, 0.717) is 5.92 Å². The third kappa shape index (κ3) is 1.52. The summed E-state index contributed by atoms with van der Waals surface area (Å²) in [5, 5.41) is 0. The summed E-state index contributed by atoms with van der Waals surface area (Å²) in [5.74, 6) is 1.58. The quantitative estimate of drug-likeness (QED) is 0.669. The Morgan fingerprint density at radius 3 is 2.67 bits per heavy atom. The molecular weight excluding hydrogens is 180 g/mol. The second kappa shape index (κ2) is 3.23. The van der Waals surface area contributed by atoms with Crippen LogP contribution in [0.1, 0.15) is 49.3 Å². The molecule has 0 spiro atoms. The fourth-order valence-corrected chi connectivity index (χ4v) is 2.54. The maximum Gasteiger partial charge on any atom is -0.00552 e. The van der Waals surface area contributed by atoms with Crippen molar-refractivity contribution in [2.24, 2.45) is 5.92 Å². The first-order chi connectivity index (χ1) is 7.25. The van der Waals surface area contributed by atoms with E-state index in [9.17, 15) is 0 Å². The fourth-order valence-electron chi connectivity index (χ4n) is 2.54. The molecule has 1 aromatic rings. The Hall–Kier alpha value is -1.04. The second-order valence-electron chi connectivity index (χ2n) is 5.25. The molecule has 0 aliphatic heterocycles. The third-order valence-electron chi connectivity index (χ3n) is 3.71. The van der Waals surface area contributed by atoms with E-state index in [1.165, 1.54) is 19.3 Å². The van der Waals surface area contributed by atoms with Crippen LogP contribution in [0.2, 0.25) is 0 Å². The van der Waals surface area contributed by atoms with Crippen molar-refractivity contribution in [3.05, 3.63) is 40.5 Å². The van der Waals surface area contributed by atoms with Gasteiger partial charge in [-0.05, 0) is 47.8 Å². The summed E-state index contributed by atoms with van der Waals surface area (Å²) < 4.78 is 0. The van der Waals surface area contributed by atoms with E-state index >= 15 is 0 Å². The van der Waals surface area contributed by atoms with E-state index in [-0.39, 0.29) is 0 Å². The van der Waals surface area contributed by atoms with E-state index in [1.807, 2.05) is 0 Å². The van der Waals surface area contributed by atoms with Crippen LogP contribution in [0.4, 0.5) is 0 Å². The minimum Gasteiger partial charge on any atom is -0.0626 e. The van der Waals surface area contributed by atoms with Crippen LogP contribution in [-0.4, -0.2) is 0 Å². The maximum absolute atomic E-state index is 2.45. The lowest BCUT2D eigenvalue weighted by molar-refractivity contribution is 0.754. The van der Waals surface area contributed by atoms with Gasteiger partial charge in [-0.2, -0.15) is 0 Å². The molecule has 0 heteroatoms. The third-order valence-corrected chi connectivity index (χ3v) is 3.71. The van der Waals surface area contributed by atoms with Gasteiger partial charge in [0.15, 0.2) is 0 Å². The largest absolute Gasteiger partial charge is 0.0626 e. The van der Waals surface area contributed by atoms with Crippen molar-refractivity contribution < 1.29 is 0 Å². The molecule has 0 bridgehead atoms. The van der Waals surface area contributed by atoms with Crippen molar-refractivity contribution in [1.82, 2.24) is 0 Å². The van der Waals surface area contributed by atoms with Gasteiger partial charge in [-0.25, -0.2) is 0 Å². The topological polar surface area (TPSA) is 0 Å². The SMILES string of the molecule is CC(C)C1=Cc2c(cccc2C2CC2)C1. The standard InChI is InChI=1S/C15H18/c1-10(2)13-8-12-4-3-5-14(11-6-7-11)15(12)9-13/h3-5,9-11H,6-8H2,1-2H3. The van der Waals surface area contributed by atoms with Gasteiger partial charge in [0.25, 0.3) is 0 Å². The zero-order valence-corrected chi connectivity index (χ0v) is 9.59. The van der Waals surface area contributed by atoms with E-state index in [2.05, 4.69) is 38.1 Å². The molecule has 0 atom stereocenters. The summed E-state index contributed by atoms with van der Waals surface area (Å²) in [5.41, 5.74) is 6.34. The lowest BCUT2D eigenvalue weighted by Gasteiger charge is -2.05. The molecule has 0 N–H and O–H groups in total. The number of hydrogen-bond acceptors (Lipinski definition) is 0. The highest BCUT2D eigenvalue weighted by Crippen LogP contribution is 2.44. The smallest absolute Gasteiger partial charge is 0.00552 e. The lowest BCUT2D eigenvalue weighted by Crippen LogP contribution is -1.93. The first-order valence-corrected chi connectivity index (χ1v) is 6.08. The predicted octanol–water partition coefficient (Wildman–Crippen LogP) is 4.16.